The highest BCUT2D eigenvalue weighted by Crippen LogP contribution is 2.23. The molecule has 0 saturated heterocycles. The minimum atomic E-state index is -0.250. The molecule has 0 heterocycles. The topological polar surface area (TPSA) is 12.0 Å². The summed E-state index contributed by atoms with van der Waals surface area (Å²) in [6.45, 7) is 8.31. The van der Waals surface area contributed by atoms with Gasteiger partial charge in [-0.1, -0.05) is 12.2 Å². The lowest BCUT2D eigenvalue weighted by Gasteiger charge is -2.10. The van der Waals surface area contributed by atoms with E-state index >= 15 is 0 Å². The average molecular weight is 258 g/mol. The third kappa shape index (κ3) is 2.84. The van der Waals surface area contributed by atoms with Crippen LogP contribution in [0.15, 0.2) is 28.8 Å². The summed E-state index contributed by atoms with van der Waals surface area (Å²) in [6.07, 6.45) is 0. The van der Waals surface area contributed by atoms with Gasteiger partial charge in [0.15, 0.2) is 0 Å². The fourth-order valence-corrected chi connectivity index (χ4v) is 1.54. The summed E-state index contributed by atoms with van der Waals surface area (Å²) in [7, 11) is 0. The molecule has 0 aliphatic heterocycles. The molecule has 14 heavy (non-hydrogen) atoms. The van der Waals surface area contributed by atoms with E-state index in [1.54, 1.807) is 6.07 Å². The van der Waals surface area contributed by atoms with Crippen molar-refractivity contribution < 1.29 is 4.39 Å². The highest BCUT2D eigenvalue weighted by molar-refractivity contribution is 9.10. The lowest BCUT2D eigenvalue weighted by Crippen LogP contribution is -2.03. The Bertz CT molecular complexity index is 361. The summed E-state index contributed by atoms with van der Waals surface area (Å²) in [4.78, 5) is 0. The Hall–Kier alpha value is -0.830. The molecule has 0 amide bonds. The van der Waals surface area contributed by atoms with Crippen molar-refractivity contribution >= 4 is 21.6 Å². The van der Waals surface area contributed by atoms with E-state index in [0.29, 0.717) is 11.0 Å². The maximum atomic E-state index is 13.2. The van der Waals surface area contributed by atoms with Crippen LogP contribution in [0.2, 0.25) is 0 Å². The molecular formula is C11H13BrFN. The summed E-state index contributed by atoms with van der Waals surface area (Å²) in [6, 6.07) is 3.25. The third-order valence-electron chi connectivity index (χ3n) is 1.85. The number of aryl methyl sites for hydroxylation is 1. The highest BCUT2D eigenvalue weighted by atomic mass is 79.9. The van der Waals surface area contributed by atoms with E-state index in [-0.39, 0.29) is 5.82 Å². The fourth-order valence-electron chi connectivity index (χ4n) is 1.08. The van der Waals surface area contributed by atoms with Gasteiger partial charge in [0.05, 0.1) is 4.47 Å². The Kier molecular flexibility index (Phi) is 3.69. The number of rotatable bonds is 3. The molecule has 0 aliphatic carbocycles. The Morgan fingerprint density at radius 1 is 1.57 bits per heavy atom. The smallest absolute Gasteiger partial charge is 0.139 e. The predicted molar refractivity (Wildman–Crippen MR) is 62.1 cm³/mol. The molecule has 0 aliphatic rings. The van der Waals surface area contributed by atoms with E-state index in [4.69, 9.17) is 0 Å². The van der Waals surface area contributed by atoms with Gasteiger partial charge in [-0.15, -0.1) is 0 Å². The molecule has 1 rings (SSSR count). The zero-order chi connectivity index (χ0) is 10.7. The van der Waals surface area contributed by atoms with Gasteiger partial charge in [-0.3, -0.25) is 0 Å². The van der Waals surface area contributed by atoms with Gasteiger partial charge in [-0.05, 0) is 47.5 Å². The minimum absolute atomic E-state index is 0.250. The first-order valence-corrected chi connectivity index (χ1v) is 5.14. The molecule has 0 radical (unpaired) electrons. The summed E-state index contributed by atoms with van der Waals surface area (Å²) >= 11 is 3.14. The number of hydrogen-bond acceptors (Lipinski definition) is 1. The molecule has 0 fully saturated rings. The van der Waals surface area contributed by atoms with Crippen LogP contribution in [0.3, 0.4) is 0 Å². The largest absolute Gasteiger partial charge is 0.381 e. The van der Waals surface area contributed by atoms with Crippen LogP contribution in [0, 0.1) is 12.7 Å². The standard InChI is InChI=1S/C11H13BrFN/c1-7(2)6-14-11-5-10(13)9(12)4-8(11)3/h4-5,14H,1,6H2,2-3H3. The number of hydrogen-bond donors (Lipinski definition) is 1. The maximum absolute atomic E-state index is 13.2. The molecule has 1 aromatic carbocycles. The van der Waals surface area contributed by atoms with Gasteiger partial charge >= 0.3 is 0 Å². The average Bonchev–Trinajstić information content (AvgIpc) is 2.09. The molecule has 1 nitrogen and oxygen atoms in total. The first kappa shape index (κ1) is 11.2. The summed E-state index contributed by atoms with van der Waals surface area (Å²) < 4.78 is 13.7. The van der Waals surface area contributed by atoms with Crippen LogP contribution in [0.1, 0.15) is 12.5 Å². The Labute approximate surface area is 92.1 Å². The van der Waals surface area contributed by atoms with Gasteiger partial charge in [-0.2, -0.15) is 0 Å². The van der Waals surface area contributed by atoms with Gasteiger partial charge in [-0.25, -0.2) is 4.39 Å². The molecule has 1 aromatic rings. The molecule has 0 unspecified atom stereocenters. The number of benzene rings is 1. The number of anilines is 1. The van der Waals surface area contributed by atoms with Gasteiger partial charge in [0, 0.05) is 12.2 Å². The quantitative estimate of drug-likeness (QED) is 0.811. The Morgan fingerprint density at radius 3 is 2.79 bits per heavy atom. The lowest BCUT2D eigenvalue weighted by atomic mass is 10.2. The molecule has 76 valence electrons. The minimum Gasteiger partial charge on any atom is -0.381 e. The van der Waals surface area contributed by atoms with Crippen molar-refractivity contribution in [2.75, 3.05) is 11.9 Å². The normalized spacial score (nSPS) is 10.0. The predicted octanol–water partition coefficient (Wildman–Crippen LogP) is 3.88. The van der Waals surface area contributed by atoms with Crippen LogP contribution in [0.25, 0.3) is 0 Å². The van der Waals surface area contributed by atoms with Crippen LogP contribution in [0.4, 0.5) is 10.1 Å². The second-order valence-corrected chi connectivity index (χ2v) is 4.25. The molecule has 0 saturated carbocycles. The van der Waals surface area contributed by atoms with E-state index in [1.165, 1.54) is 6.07 Å². The van der Waals surface area contributed by atoms with E-state index in [2.05, 4.69) is 27.8 Å². The van der Waals surface area contributed by atoms with Crippen molar-refractivity contribution in [3.63, 3.8) is 0 Å². The molecule has 0 bridgehead atoms. The Morgan fingerprint density at radius 2 is 2.21 bits per heavy atom. The van der Waals surface area contributed by atoms with Gasteiger partial charge < -0.3 is 5.32 Å². The SMILES string of the molecule is C=C(C)CNc1cc(F)c(Br)cc1C. The van der Waals surface area contributed by atoms with Crippen molar-refractivity contribution in [2.24, 2.45) is 0 Å². The van der Waals surface area contributed by atoms with E-state index in [1.807, 2.05) is 13.8 Å². The zero-order valence-electron chi connectivity index (χ0n) is 8.32. The van der Waals surface area contributed by atoms with Crippen LogP contribution in [-0.4, -0.2) is 6.54 Å². The van der Waals surface area contributed by atoms with Crippen molar-refractivity contribution in [1.29, 1.82) is 0 Å². The van der Waals surface area contributed by atoms with Crippen molar-refractivity contribution in [1.82, 2.24) is 0 Å². The first-order valence-electron chi connectivity index (χ1n) is 4.34. The molecule has 1 N–H and O–H groups in total. The van der Waals surface area contributed by atoms with Crippen molar-refractivity contribution in [3.05, 3.63) is 40.1 Å². The molecule has 0 aromatic heterocycles. The molecular weight excluding hydrogens is 245 g/mol. The van der Waals surface area contributed by atoms with E-state index in [0.717, 1.165) is 16.8 Å². The number of halogens is 2. The van der Waals surface area contributed by atoms with Crippen LogP contribution in [-0.2, 0) is 0 Å². The van der Waals surface area contributed by atoms with E-state index in [9.17, 15) is 4.39 Å². The lowest BCUT2D eigenvalue weighted by molar-refractivity contribution is 0.621. The molecule has 0 spiro atoms. The van der Waals surface area contributed by atoms with Gasteiger partial charge in [0.1, 0.15) is 5.82 Å². The number of nitrogens with one attached hydrogen (secondary N) is 1. The highest BCUT2D eigenvalue weighted by Gasteiger charge is 2.04. The van der Waals surface area contributed by atoms with E-state index < -0.39 is 0 Å². The third-order valence-corrected chi connectivity index (χ3v) is 2.46. The molecule has 3 heteroatoms. The first-order chi connectivity index (χ1) is 6.50. The van der Waals surface area contributed by atoms with Crippen LogP contribution in [0.5, 0.6) is 0 Å². The zero-order valence-corrected chi connectivity index (χ0v) is 9.91. The second kappa shape index (κ2) is 4.60. The second-order valence-electron chi connectivity index (χ2n) is 3.39. The Balaban J connectivity index is 2.87. The van der Waals surface area contributed by atoms with Crippen LogP contribution >= 0.6 is 15.9 Å². The monoisotopic (exact) mass is 257 g/mol. The van der Waals surface area contributed by atoms with Gasteiger partial charge in [0.25, 0.3) is 0 Å². The fraction of sp³-hybridized carbons (Fsp3) is 0.273. The van der Waals surface area contributed by atoms with Crippen LogP contribution < -0.4 is 5.32 Å². The van der Waals surface area contributed by atoms with Crippen molar-refractivity contribution in [2.45, 2.75) is 13.8 Å². The van der Waals surface area contributed by atoms with Crippen molar-refractivity contribution in [3.8, 4) is 0 Å². The summed E-state index contributed by atoms with van der Waals surface area (Å²) in [5.74, 6) is -0.250. The molecule has 0 atom stereocenters. The summed E-state index contributed by atoms with van der Waals surface area (Å²) in [5.41, 5.74) is 2.85. The summed E-state index contributed by atoms with van der Waals surface area (Å²) in [5, 5.41) is 3.12. The maximum Gasteiger partial charge on any atom is 0.139 e. The van der Waals surface area contributed by atoms with Gasteiger partial charge in [0.2, 0.25) is 0 Å².